The summed E-state index contributed by atoms with van der Waals surface area (Å²) in [6, 6.07) is 6.36. The van der Waals surface area contributed by atoms with E-state index in [1.165, 1.54) is 12.1 Å². The van der Waals surface area contributed by atoms with E-state index in [0.717, 1.165) is 17.9 Å². The molecule has 0 bridgehead atoms. The molecule has 2 rings (SSSR count). The van der Waals surface area contributed by atoms with Gasteiger partial charge in [0.1, 0.15) is 0 Å². The Kier molecular flexibility index (Phi) is 4.89. The Morgan fingerprint density at radius 3 is 2.63 bits per heavy atom. The van der Waals surface area contributed by atoms with Gasteiger partial charge in [-0.15, -0.1) is 0 Å². The highest BCUT2D eigenvalue weighted by Crippen LogP contribution is 2.23. The highest BCUT2D eigenvalue weighted by atomic mass is 32.2. The van der Waals surface area contributed by atoms with Crippen molar-refractivity contribution in [3.63, 3.8) is 0 Å². The van der Waals surface area contributed by atoms with Crippen LogP contribution in [0.15, 0.2) is 29.2 Å². The zero-order valence-electron chi connectivity index (χ0n) is 10.9. The maximum Gasteiger partial charge on any atom is 0.240 e. The largest absolute Gasteiger partial charge is 0.389 e. The number of sulfonamides is 1. The van der Waals surface area contributed by atoms with Crippen molar-refractivity contribution < 1.29 is 13.5 Å². The van der Waals surface area contributed by atoms with Crippen LogP contribution >= 0.6 is 11.8 Å². The van der Waals surface area contributed by atoms with Crippen molar-refractivity contribution in [2.75, 3.05) is 18.1 Å². The van der Waals surface area contributed by atoms with Crippen LogP contribution in [0.2, 0.25) is 0 Å². The molecule has 0 saturated carbocycles. The molecule has 0 spiro atoms. The summed E-state index contributed by atoms with van der Waals surface area (Å²) in [5.41, 5.74) is 0.714. The number of aliphatic hydroxyl groups excluding tert-OH is 1. The van der Waals surface area contributed by atoms with E-state index in [4.69, 9.17) is 0 Å². The van der Waals surface area contributed by atoms with Gasteiger partial charge in [-0.25, -0.2) is 13.1 Å². The summed E-state index contributed by atoms with van der Waals surface area (Å²) in [5.74, 6) is 2.59. The molecule has 1 fully saturated rings. The van der Waals surface area contributed by atoms with Crippen molar-refractivity contribution in [2.45, 2.75) is 24.3 Å². The van der Waals surface area contributed by atoms with Crippen molar-refractivity contribution in [1.29, 1.82) is 0 Å². The SMILES string of the molecule is CC(O)c1ccc(S(=O)(=O)NCC2CCSC2)cc1. The molecule has 1 saturated heterocycles. The minimum absolute atomic E-state index is 0.252. The van der Waals surface area contributed by atoms with Crippen LogP contribution in [-0.2, 0) is 10.0 Å². The molecular formula is C13H19NO3S2. The lowest BCUT2D eigenvalue weighted by Crippen LogP contribution is -2.29. The van der Waals surface area contributed by atoms with Gasteiger partial charge in [0.05, 0.1) is 11.0 Å². The van der Waals surface area contributed by atoms with Crippen LogP contribution in [0.3, 0.4) is 0 Å². The third kappa shape index (κ3) is 3.95. The Balaban J connectivity index is 2.01. The summed E-state index contributed by atoms with van der Waals surface area (Å²) in [4.78, 5) is 0.252. The first-order chi connectivity index (χ1) is 8.99. The summed E-state index contributed by atoms with van der Waals surface area (Å²) >= 11 is 1.87. The minimum atomic E-state index is -3.43. The Hall–Kier alpha value is -0.560. The van der Waals surface area contributed by atoms with Crippen LogP contribution in [0.4, 0.5) is 0 Å². The lowest BCUT2D eigenvalue weighted by Gasteiger charge is -2.11. The molecule has 0 aromatic heterocycles. The smallest absolute Gasteiger partial charge is 0.240 e. The van der Waals surface area contributed by atoms with Crippen LogP contribution in [0, 0.1) is 5.92 Å². The number of hydrogen-bond donors (Lipinski definition) is 2. The van der Waals surface area contributed by atoms with Crippen molar-refractivity contribution in [1.82, 2.24) is 4.72 Å². The predicted molar refractivity (Wildman–Crippen MR) is 77.7 cm³/mol. The number of hydrogen-bond acceptors (Lipinski definition) is 4. The topological polar surface area (TPSA) is 66.4 Å². The van der Waals surface area contributed by atoms with E-state index in [1.54, 1.807) is 19.1 Å². The fraction of sp³-hybridized carbons (Fsp3) is 0.538. The van der Waals surface area contributed by atoms with Gasteiger partial charge in [-0.3, -0.25) is 0 Å². The second kappa shape index (κ2) is 6.26. The lowest BCUT2D eigenvalue weighted by atomic mass is 10.1. The molecule has 2 N–H and O–H groups in total. The van der Waals surface area contributed by atoms with E-state index in [0.29, 0.717) is 18.0 Å². The molecule has 106 valence electrons. The number of rotatable bonds is 5. The van der Waals surface area contributed by atoms with Gasteiger partial charge < -0.3 is 5.11 Å². The van der Waals surface area contributed by atoms with Crippen molar-refractivity contribution >= 4 is 21.8 Å². The monoisotopic (exact) mass is 301 g/mol. The Morgan fingerprint density at radius 2 is 2.11 bits per heavy atom. The van der Waals surface area contributed by atoms with Gasteiger partial charge in [-0.1, -0.05) is 12.1 Å². The average Bonchev–Trinajstić information content (AvgIpc) is 2.90. The number of benzene rings is 1. The van der Waals surface area contributed by atoms with Crippen LogP contribution in [0.25, 0.3) is 0 Å². The van der Waals surface area contributed by atoms with Crippen molar-refractivity contribution in [3.05, 3.63) is 29.8 Å². The summed E-state index contributed by atoms with van der Waals surface area (Å²) in [7, 11) is -3.43. The van der Waals surface area contributed by atoms with Crippen LogP contribution in [0.1, 0.15) is 25.0 Å². The lowest BCUT2D eigenvalue weighted by molar-refractivity contribution is 0.199. The highest BCUT2D eigenvalue weighted by molar-refractivity contribution is 7.99. The van der Waals surface area contributed by atoms with E-state index in [1.807, 2.05) is 11.8 Å². The Bertz CT molecular complexity index is 505. The third-order valence-corrected chi connectivity index (χ3v) is 5.93. The molecule has 0 radical (unpaired) electrons. The number of nitrogens with one attached hydrogen (secondary N) is 1. The van der Waals surface area contributed by atoms with Gasteiger partial charge in [-0.05, 0) is 48.5 Å². The van der Waals surface area contributed by atoms with Gasteiger partial charge in [0.2, 0.25) is 10.0 Å². The van der Waals surface area contributed by atoms with Crippen LogP contribution in [-0.4, -0.2) is 31.6 Å². The van der Waals surface area contributed by atoms with Gasteiger partial charge >= 0.3 is 0 Å². The fourth-order valence-corrected chi connectivity index (χ4v) is 4.38. The molecule has 0 amide bonds. The van der Waals surface area contributed by atoms with Gasteiger partial charge in [0.15, 0.2) is 0 Å². The first-order valence-electron chi connectivity index (χ1n) is 6.34. The molecule has 0 aliphatic carbocycles. The second-order valence-corrected chi connectivity index (χ2v) is 7.74. The molecule has 1 heterocycles. The quantitative estimate of drug-likeness (QED) is 0.870. The van der Waals surface area contributed by atoms with Crippen molar-refractivity contribution in [3.8, 4) is 0 Å². The average molecular weight is 301 g/mol. The standard InChI is InChI=1S/C13H19NO3S2/c1-10(15)12-2-4-13(5-3-12)19(16,17)14-8-11-6-7-18-9-11/h2-5,10-11,14-15H,6-9H2,1H3. The minimum Gasteiger partial charge on any atom is -0.389 e. The van der Waals surface area contributed by atoms with E-state index >= 15 is 0 Å². The van der Waals surface area contributed by atoms with Crippen LogP contribution < -0.4 is 4.72 Å². The molecule has 4 nitrogen and oxygen atoms in total. The zero-order chi connectivity index (χ0) is 13.9. The fourth-order valence-electron chi connectivity index (χ4n) is 1.98. The molecular weight excluding hydrogens is 282 g/mol. The van der Waals surface area contributed by atoms with Crippen LogP contribution in [0.5, 0.6) is 0 Å². The van der Waals surface area contributed by atoms with Gasteiger partial charge in [-0.2, -0.15) is 11.8 Å². The maximum atomic E-state index is 12.1. The number of thioether (sulfide) groups is 1. The first-order valence-corrected chi connectivity index (χ1v) is 8.98. The zero-order valence-corrected chi connectivity index (χ0v) is 12.5. The molecule has 2 unspecified atom stereocenters. The molecule has 1 aromatic carbocycles. The summed E-state index contributed by atoms with van der Waals surface area (Å²) in [6.07, 6.45) is 0.494. The van der Waals surface area contributed by atoms with E-state index in [2.05, 4.69) is 4.72 Å². The van der Waals surface area contributed by atoms with E-state index < -0.39 is 16.1 Å². The number of aliphatic hydroxyl groups is 1. The summed E-state index contributed by atoms with van der Waals surface area (Å²) < 4.78 is 26.8. The van der Waals surface area contributed by atoms with Crippen molar-refractivity contribution in [2.24, 2.45) is 5.92 Å². The van der Waals surface area contributed by atoms with Gasteiger partial charge in [0, 0.05) is 6.54 Å². The molecule has 1 aromatic rings. The Labute approximate surface area is 118 Å². The predicted octanol–water partition coefficient (Wildman–Crippen LogP) is 1.77. The molecule has 1 aliphatic heterocycles. The van der Waals surface area contributed by atoms with E-state index in [-0.39, 0.29) is 4.90 Å². The van der Waals surface area contributed by atoms with E-state index in [9.17, 15) is 13.5 Å². The molecule has 2 atom stereocenters. The molecule has 6 heteroatoms. The Morgan fingerprint density at radius 1 is 1.42 bits per heavy atom. The third-order valence-electron chi connectivity index (χ3n) is 3.26. The summed E-state index contributed by atoms with van der Waals surface area (Å²) in [5, 5.41) is 9.40. The first kappa shape index (κ1) is 14.8. The highest BCUT2D eigenvalue weighted by Gasteiger charge is 2.20. The molecule has 19 heavy (non-hydrogen) atoms. The maximum absolute atomic E-state index is 12.1. The second-order valence-electron chi connectivity index (χ2n) is 4.83. The summed E-state index contributed by atoms with van der Waals surface area (Å²) in [6.45, 7) is 2.16. The molecule has 1 aliphatic rings. The normalized spacial score (nSPS) is 21.5. The van der Waals surface area contributed by atoms with Gasteiger partial charge in [0.25, 0.3) is 0 Å².